The topological polar surface area (TPSA) is 61.8 Å². The number of aliphatic hydroxyl groups is 1. The molecule has 16 heavy (non-hydrogen) atoms. The molecule has 1 fully saturated rings. The van der Waals surface area contributed by atoms with E-state index in [2.05, 4.69) is 17.1 Å². The minimum absolute atomic E-state index is 0.0681. The first-order valence-electron chi connectivity index (χ1n) is 5.84. The fourth-order valence-electron chi connectivity index (χ4n) is 1.86. The van der Waals surface area contributed by atoms with Crippen LogP contribution in [0, 0.1) is 0 Å². The molecule has 0 saturated carbocycles. The van der Waals surface area contributed by atoms with Gasteiger partial charge in [0.1, 0.15) is 0 Å². The number of hydrogen-bond acceptors (Lipinski definition) is 4. The van der Waals surface area contributed by atoms with E-state index in [1.807, 2.05) is 0 Å². The Morgan fingerprint density at radius 3 is 3.00 bits per heavy atom. The molecule has 1 heterocycles. The average molecular weight is 230 g/mol. The quantitative estimate of drug-likeness (QED) is 0.674. The van der Waals surface area contributed by atoms with Crippen molar-refractivity contribution in [1.82, 2.24) is 10.2 Å². The van der Waals surface area contributed by atoms with Crippen molar-refractivity contribution in [2.45, 2.75) is 31.9 Å². The Balaban J connectivity index is 2.25. The lowest BCUT2D eigenvalue weighted by Crippen LogP contribution is -2.49. The SMILES string of the molecule is CNC(=O)CCCN1CC(CO)OCC1C. The zero-order chi connectivity index (χ0) is 12.0. The van der Waals surface area contributed by atoms with Crippen LogP contribution in [0.3, 0.4) is 0 Å². The Hall–Kier alpha value is -0.650. The average Bonchev–Trinajstić information content (AvgIpc) is 2.31. The molecular formula is C11H22N2O3. The number of hydrogen-bond donors (Lipinski definition) is 2. The first-order valence-corrected chi connectivity index (χ1v) is 5.84. The van der Waals surface area contributed by atoms with Crippen LogP contribution in [0.2, 0.25) is 0 Å². The summed E-state index contributed by atoms with van der Waals surface area (Å²) in [6.45, 7) is 4.47. The van der Waals surface area contributed by atoms with Gasteiger partial charge in [-0.3, -0.25) is 9.69 Å². The predicted octanol–water partition coefficient (Wildman–Crippen LogP) is -0.406. The van der Waals surface area contributed by atoms with Crippen molar-refractivity contribution in [2.75, 3.05) is 33.4 Å². The highest BCUT2D eigenvalue weighted by Crippen LogP contribution is 2.12. The van der Waals surface area contributed by atoms with Crippen LogP contribution in [-0.2, 0) is 9.53 Å². The van der Waals surface area contributed by atoms with E-state index in [0.717, 1.165) is 19.5 Å². The number of nitrogens with zero attached hydrogens (tertiary/aromatic N) is 1. The highest BCUT2D eigenvalue weighted by atomic mass is 16.5. The smallest absolute Gasteiger partial charge is 0.219 e. The van der Waals surface area contributed by atoms with Gasteiger partial charge in [-0.1, -0.05) is 0 Å². The molecule has 2 N–H and O–H groups in total. The van der Waals surface area contributed by atoms with Crippen LogP contribution in [0.1, 0.15) is 19.8 Å². The lowest BCUT2D eigenvalue weighted by atomic mass is 10.1. The Morgan fingerprint density at radius 1 is 1.62 bits per heavy atom. The number of carbonyl (C=O) groups is 1. The molecule has 0 aromatic heterocycles. The molecule has 0 aromatic rings. The first kappa shape index (κ1) is 13.4. The monoisotopic (exact) mass is 230 g/mol. The number of aliphatic hydroxyl groups excluding tert-OH is 1. The van der Waals surface area contributed by atoms with Gasteiger partial charge < -0.3 is 15.2 Å². The van der Waals surface area contributed by atoms with Crippen LogP contribution in [0.4, 0.5) is 0 Å². The molecule has 1 amide bonds. The summed E-state index contributed by atoms with van der Waals surface area (Å²) in [5.74, 6) is 0.0830. The standard InChI is InChI=1S/C11H22N2O3/c1-9-8-16-10(7-14)6-13(9)5-3-4-11(15)12-2/h9-10,14H,3-8H2,1-2H3,(H,12,15). The molecule has 1 aliphatic heterocycles. The molecule has 0 aromatic carbocycles. The lowest BCUT2D eigenvalue weighted by molar-refractivity contribution is -0.121. The molecule has 1 aliphatic rings. The largest absolute Gasteiger partial charge is 0.394 e. The van der Waals surface area contributed by atoms with Crippen LogP contribution in [0.15, 0.2) is 0 Å². The van der Waals surface area contributed by atoms with Gasteiger partial charge in [0.25, 0.3) is 0 Å². The number of rotatable bonds is 5. The summed E-state index contributed by atoms with van der Waals surface area (Å²) >= 11 is 0. The second-order valence-electron chi connectivity index (χ2n) is 4.26. The summed E-state index contributed by atoms with van der Waals surface area (Å²) in [6.07, 6.45) is 1.34. The number of morpholine rings is 1. The molecule has 94 valence electrons. The van der Waals surface area contributed by atoms with Crippen molar-refractivity contribution < 1.29 is 14.6 Å². The van der Waals surface area contributed by atoms with E-state index >= 15 is 0 Å². The molecule has 0 aliphatic carbocycles. The second kappa shape index (κ2) is 6.83. The summed E-state index contributed by atoms with van der Waals surface area (Å²) in [4.78, 5) is 13.3. The van der Waals surface area contributed by atoms with E-state index in [1.165, 1.54) is 0 Å². The minimum Gasteiger partial charge on any atom is -0.394 e. The molecule has 1 saturated heterocycles. The molecule has 5 heteroatoms. The third kappa shape index (κ3) is 4.08. The third-order valence-corrected chi connectivity index (χ3v) is 2.97. The van der Waals surface area contributed by atoms with Gasteiger partial charge in [-0.15, -0.1) is 0 Å². The van der Waals surface area contributed by atoms with E-state index in [1.54, 1.807) is 7.05 Å². The number of ether oxygens (including phenoxy) is 1. The molecule has 1 rings (SSSR count). The maximum absolute atomic E-state index is 11.1. The van der Waals surface area contributed by atoms with Gasteiger partial charge in [-0.25, -0.2) is 0 Å². The summed E-state index contributed by atoms with van der Waals surface area (Å²) in [5, 5.41) is 11.6. The van der Waals surface area contributed by atoms with Gasteiger partial charge >= 0.3 is 0 Å². The van der Waals surface area contributed by atoms with E-state index in [0.29, 0.717) is 19.1 Å². The van der Waals surface area contributed by atoms with Gasteiger partial charge in [0.05, 0.1) is 19.3 Å². The number of nitrogens with one attached hydrogen (secondary N) is 1. The summed E-state index contributed by atoms with van der Waals surface area (Å²) < 4.78 is 5.45. The van der Waals surface area contributed by atoms with E-state index < -0.39 is 0 Å². The molecule has 0 radical (unpaired) electrons. The molecule has 0 spiro atoms. The fourth-order valence-corrected chi connectivity index (χ4v) is 1.86. The Kier molecular flexibility index (Phi) is 5.73. The van der Waals surface area contributed by atoms with Crippen LogP contribution in [0.25, 0.3) is 0 Å². The van der Waals surface area contributed by atoms with Gasteiger partial charge in [-0.2, -0.15) is 0 Å². The predicted molar refractivity (Wildman–Crippen MR) is 61.2 cm³/mol. The molecule has 2 unspecified atom stereocenters. The number of amides is 1. The van der Waals surface area contributed by atoms with Crippen molar-refractivity contribution in [3.63, 3.8) is 0 Å². The van der Waals surface area contributed by atoms with Crippen LogP contribution < -0.4 is 5.32 Å². The molecular weight excluding hydrogens is 208 g/mol. The van der Waals surface area contributed by atoms with Gasteiger partial charge in [0, 0.05) is 26.1 Å². The molecule has 2 atom stereocenters. The Morgan fingerprint density at radius 2 is 2.38 bits per heavy atom. The zero-order valence-electron chi connectivity index (χ0n) is 10.1. The summed E-state index contributed by atoms with van der Waals surface area (Å²) in [6, 6.07) is 0.368. The van der Waals surface area contributed by atoms with Crippen molar-refractivity contribution >= 4 is 5.91 Å². The van der Waals surface area contributed by atoms with E-state index in [4.69, 9.17) is 9.84 Å². The maximum Gasteiger partial charge on any atom is 0.219 e. The first-order chi connectivity index (χ1) is 7.67. The number of carbonyl (C=O) groups excluding carboxylic acids is 1. The third-order valence-electron chi connectivity index (χ3n) is 2.97. The summed E-state index contributed by atoms with van der Waals surface area (Å²) in [7, 11) is 1.65. The van der Waals surface area contributed by atoms with Crippen molar-refractivity contribution in [3.8, 4) is 0 Å². The van der Waals surface area contributed by atoms with Crippen molar-refractivity contribution in [3.05, 3.63) is 0 Å². The highest BCUT2D eigenvalue weighted by molar-refractivity contribution is 5.75. The van der Waals surface area contributed by atoms with Gasteiger partial charge in [0.2, 0.25) is 5.91 Å². The minimum atomic E-state index is -0.0730. The highest BCUT2D eigenvalue weighted by Gasteiger charge is 2.24. The Bertz CT molecular complexity index is 223. The molecule has 5 nitrogen and oxygen atoms in total. The Labute approximate surface area is 96.8 Å². The van der Waals surface area contributed by atoms with E-state index in [-0.39, 0.29) is 18.6 Å². The van der Waals surface area contributed by atoms with Gasteiger partial charge in [0.15, 0.2) is 0 Å². The molecule has 0 bridgehead atoms. The zero-order valence-corrected chi connectivity index (χ0v) is 10.1. The summed E-state index contributed by atoms with van der Waals surface area (Å²) in [5.41, 5.74) is 0. The lowest BCUT2D eigenvalue weighted by Gasteiger charge is -2.37. The van der Waals surface area contributed by atoms with Crippen molar-refractivity contribution in [1.29, 1.82) is 0 Å². The maximum atomic E-state index is 11.1. The normalized spacial score (nSPS) is 26.7. The van der Waals surface area contributed by atoms with Crippen LogP contribution in [-0.4, -0.2) is 61.4 Å². The van der Waals surface area contributed by atoms with Crippen LogP contribution in [0.5, 0.6) is 0 Å². The van der Waals surface area contributed by atoms with Gasteiger partial charge in [-0.05, 0) is 19.9 Å². The van der Waals surface area contributed by atoms with E-state index in [9.17, 15) is 4.79 Å². The van der Waals surface area contributed by atoms with Crippen LogP contribution >= 0.6 is 0 Å². The fraction of sp³-hybridized carbons (Fsp3) is 0.909. The second-order valence-corrected chi connectivity index (χ2v) is 4.26. The van der Waals surface area contributed by atoms with Crippen molar-refractivity contribution in [2.24, 2.45) is 0 Å².